The van der Waals surface area contributed by atoms with Crippen molar-refractivity contribution in [1.29, 1.82) is 0 Å². The third-order valence-corrected chi connectivity index (χ3v) is 6.00. The van der Waals surface area contributed by atoms with Gasteiger partial charge in [-0.15, -0.1) is 0 Å². The first-order valence-electron chi connectivity index (χ1n) is 11.8. The Kier molecular flexibility index (Phi) is 7.44. The number of hydrogen-bond acceptors (Lipinski definition) is 8. The van der Waals surface area contributed by atoms with Crippen LogP contribution >= 0.6 is 0 Å². The van der Waals surface area contributed by atoms with Gasteiger partial charge in [0.1, 0.15) is 11.4 Å². The Labute approximate surface area is 216 Å². The Morgan fingerprint density at radius 3 is 2.59 bits per heavy atom. The second-order valence-corrected chi connectivity index (χ2v) is 9.08. The monoisotopic (exact) mass is 503 g/mol. The van der Waals surface area contributed by atoms with E-state index in [4.69, 9.17) is 14.7 Å². The van der Waals surface area contributed by atoms with Gasteiger partial charge in [-0.05, 0) is 32.3 Å². The molecule has 3 heterocycles. The first-order chi connectivity index (χ1) is 17.7. The summed E-state index contributed by atoms with van der Waals surface area (Å²) in [5, 5.41) is 11.4. The first-order valence-corrected chi connectivity index (χ1v) is 11.8. The SMILES string of the molecule is C=CC(=O)Nc1cc(Nc2nc(-c3cnn(C)c3)c3ccn(C)c3n2)c(OC)cc1N(C)CCN(C)C. The van der Waals surface area contributed by atoms with Crippen LogP contribution < -0.4 is 20.3 Å². The minimum Gasteiger partial charge on any atom is -0.494 e. The summed E-state index contributed by atoms with van der Waals surface area (Å²) < 4.78 is 9.41. The van der Waals surface area contributed by atoms with Gasteiger partial charge in [-0.1, -0.05) is 6.58 Å². The van der Waals surface area contributed by atoms with Crippen molar-refractivity contribution in [2.45, 2.75) is 0 Å². The van der Waals surface area contributed by atoms with Crippen molar-refractivity contribution in [3.05, 3.63) is 49.4 Å². The van der Waals surface area contributed by atoms with Crippen LogP contribution in [0.2, 0.25) is 0 Å². The lowest BCUT2D eigenvalue weighted by molar-refractivity contribution is -0.111. The highest BCUT2D eigenvalue weighted by molar-refractivity contribution is 6.02. The van der Waals surface area contributed by atoms with Crippen LogP contribution in [0.4, 0.5) is 23.0 Å². The number of ether oxygens (including phenoxy) is 1. The van der Waals surface area contributed by atoms with Gasteiger partial charge in [-0.25, -0.2) is 4.98 Å². The standard InChI is InChI=1S/C26H33N9O2/c1-8-23(36)28-19-13-20(22(37-7)14-21(19)33(4)12-11-32(2)3)29-26-30-24(17-15-27-35(6)16-17)18-9-10-34(5)25(18)31-26/h8-10,13-16H,1,11-12H2,2-7H3,(H,28,36)(H,29,30,31). The largest absolute Gasteiger partial charge is 0.494 e. The Hall–Kier alpha value is -4.38. The summed E-state index contributed by atoms with van der Waals surface area (Å²) in [6.07, 6.45) is 6.89. The molecule has 37 heavy (non-hydrogen) atoms. The number of aryl methyl sites for hydroxylation is 2. The predicted octanol–water partition coefficient (Wildman–Crippen LogP) is 3.24. The summed E-state index contributed by atoms with van der Waals surface area (Å²) >= 11 is 0. The van der Waals surface area contributed by atoms with Crippen molar-refractivity contribution in [2.75, 3.05) is 56.9 Å². The fourth-order valence-electron chi connectivity index (χ4n) is 3.98. The lowest BCUT2D eigenvalue weighted by Gasteiger charge is -2.26. The maximum Gasteiger partial charge on any atom is 0.247 e. The van der Waals surface area contributed by atoms with Crippen LogP contribution in [0.25, 0.3) is 22.3 Å². The molecule has 0 spiro atoms. The molecule has 0 aliphatic carbocycles. The summed E-state index contributed by atoms with van der Waals surface area (Å²) in [6, 6.07) is 5.70. The topological polar surface area (TPSA) is 105 Å². The number of aromatic nitrogens is 5. The second-order valence-electron chi connectivity index (χ2n) is 9.08. The zero-order valence-corrected chi connectivity index (χ0v) is 22.1. The average Bonchev–Trinajstić information content (AvgIpc) is 3.47. The number of nitrogens with one attached hydrogen (secondary N) is 2. The molecule has 11 nitrogen and oxygen atoms in total. The molecule has 194 valence electrons. The molecule has 4 rings (SSSR count). The molecule has 11 heteroatoms. The Bertz CT molecular complexity index is 1440. The van der Waals surface area contributed by atoms with E-state index in [1.165, 1.54) is 6.08 Å². The van der Waals surface area contributed by atoms with Crippen LogP contribution in [0.3, 0.4) is 0 Å². The summed E-state index contributed by atoms with van der Waals surface area (Å²) in [7, 11) is 11.4. The quantitative estimate of drug-likeness (QED) is 0.318. The van der Waals surface area contributed by atoms with E-state index in [0.29, 0.717) is 23.1 Å². The van der Waals surface area contributed by atoms with E-state index >= 15 is 0 Å². The van der Waals surface area contributed by atoms with Crippen molar-refractivity contribution in [3.8, 4) is 17.0 Å². The molecule has 0 saturated carbocycles. The van der Waals surface area contributed by atoms with Gasteiger partial charge in [-0.3, -0.25) is 9.48 Å². The van der Waals surface area contributed by atoms with Crippen molar-refractivity contribution >= 4 is 40.0 Å². The molecular formula is C26H33N9O2. The summed E-state index contributed by atoms with van der Waals surface area (Å²) in [4.78, 5) is 26.0. The second kappa shape index (κ2) is 10.7. The van der Waals surface area contributed by atoms with Crippen LogP contribution in [0.15, 0.2) is 49.4 Å². The number of rotatable bonds is 10. The molecule has 1 amide bonds. The molecule has 1 aromatic carbocycles. The normalized spacial score (nSPS) is 11.1. The number of carbonyl (C=O) groups excluding carboxylic acids is 1. The molecule has 0 atom stereocenters. The number of nitrogens with zero attached hydrogens (tertiary/aromatic N) is 7. The molecule has 4 aromatic rings. The Balaban J connectivity index is 1.79. The number of benzene rings is 1. The first kappa shape index (κ1) is 25.7. The smallest absolute Gasteiger partial charge is 0.247 e. The molecule has 0 bridgehead atoms. The van der Waals surface area contributed by atoms with Crippen molar-refractivity contribution in [3.63, 3.8) is 0 Å². The lowest BCUT2D eigenvalue weighted by Crippen LogP contribution is -2.29. The van der Waals surface area contributed by atoms with Crippen LogP contribution in [-0.2, 0) is 18.9 Å². The minimum atomic E-state index is -0.307. The zero-order chi connectivity index (χ0) is 26.7. The fraction of sp³-hybridized carbons (Fsp3) is 0.308. The molecule has 0 fully saturated rings. The molecular weight excluding hydrogens is 470 g/mol. The van der Waals surface area contributed by atoms with E-state index in [1.54, 1.807) is 18.0 Å². The number of methoxy groups -OCH3 is 1. The van der Waals surface area contributed by atoms with Gasteiger partial charge in [0.25, 0.3) is 0 Å². The van der Waals surface area contributed by atoms with Gasteiger partial charge in [0, 0.05) is 63.6 Å². The van der Waals surface area contributed by atoms with E-state index in [0.717, 1.165) is 41.1 Å². The predicted molar refractivity (Wildman–Crippen MR) is 148 cm³/mol. The Morgan fingerprint density at radius 1 is 1.16 bits per heavy atom. The number of anilines is 4. The van der Waals surface area contributed by atoms with Crippen molar-refractivity contribution in [1.82, 2.24) is 29.2 Å². The molecule has 0 unspecified atom stereocenters. The summed E-state index contributed by atoms with van der Waals surface area (Å²) in [5.74, 6) is 0.668. The summed E-state index contributed by atoms with van der Waals surface area (Å²) in [5.41, 5.74) is 4.46. The molecule has 0 saturated heterocycles. The number of hydrogen-bond donors (Lipinski definition) is 2. The highest BCUT2D eigenvalue weighted by atomic mass is 16.5. The zero-order valence-electron chi connectivity index (χ0n) is 22.1. The fourth-order valence-corrected chi connectivity index (χ4v) is 3.98. The molecule has 3 aromatic heterocycles. The number of carbonyl (C=O) groups is 1. The van der Waals surface area contributed by atoms with E-state index in [2.05, 4.69) is 32.1 Å². The molecule has 2 N–H and O–H groups in total. The van der Waals surface area contributed by atoms with Gasteiger partial charge in [0.05, 0.1) is 36.1 Å². The number of likely N-dealkylation sites (N-methyl/N-ethyl adjacent to an activating group) is 2. The van der Waals surface area contributed by atoms with Crippen molar-refractivity contribution < 1.29 is 9.53 Å². The number of amides is 1. The van der Waals surface area contributed by atoms with Crippen molar-refractivity contribution in [2.24, 2.45) is 14.1 Å². The van der Waals surface area contributed by atoms with Gasteiger partial charge >= 0.3 is 0 Å². The minimum absolute atomic E-state index is 0.307. The van der Waals surface area contributed by atoms with Crippen LogP contribution in [0.1, 0.15) is 0 Å². The van der Waals surface area contributed by atoms with Gasteiger partial charge in [0.2, 0.25) is 11.9 Å². The van der Waals surface area contributed by atoms with Crippen LogP contribution in [0.5, 0.6) is 5.75 Å². The Morgan fingerprint density at radius 2 is 1.95 bits per heavy atom. The highest BCUT2D eigenvalue weighted by Gasteiger charge is 2.18. The number of fused-ring (bicyclic) bond motifs is 1. The van der Waals surface area contributed by atoms with E-state index < -0.39 is 0 Å². The van der Waals surface area contributed by atoms with E-state index in [1.807, 2.05) is 70.4 Å². The third kappa shape index (κ3) is 5.56. The van der Waals surface area contributed by atoms with E-state index in [9.17, 15) is 4.79 Å². The van der Waals surface area contributed by atoms with E-state index in [-0.39, 0.29) is 5.91 Å². The van der Waals surface area contributed by atoms with Gasteiger partial charge in [0.15, 0.2) is 0 Å². The maximum absolute atomic E-state index is 12.3. The van der Waals surface area contributed by atoms with Crippen LogP contribution in [0, 0.1) is 0 Å². The third-order valence-electron chi connectivity index (χ3n) is 6.00. The highest BCUT2D eigenvalue weighted by Crippen LogP contribution is 2.38. The average molecular weight is 504 g/mol. The molecule has 0 aliphatic rings. The lowest BCUT2D eigenvalue weighted by atomic mass is 10.2. The maximum atomic E-state index is 12.3. The summed E-state index contributed by atoms with van der Waals surface area (Å²) in [6.45, 7) is 5.18. The molecule has 0 aliphatic heterocycles. The van der Waals surface area contributed by atoms with Gasteiger partial charge < -0.3 is 29.7 Å². The van der Waals surface area contributed by atoms with Crippen LogP contribution in [-0.4, -0.2) is 76.5 Å². The molecule has 0 radical (unpaired) electrons. The van der Waals surface area contributed by atoms with Gasteiger partial charge in [-0.2, -0.15) is 10.1 Å².